The number of rotatable bonds is 12. The van der Waals surface area contributed by atoms with Crippen LogP contribution in [0.25, 0.3) is 0 Å². The Morgan fingerprint density at radius 3 is 1.94 bits per heavy atom. The number of nitrogens with zero attached hydrogens (tertiary/aromatic N) is 1. The van der Waals surface area contributed by atoms with Gasteiger partial charge in [-0.15, -0.1) is 23.2 Å². The number of hydrogen-bond donors (Lipinski definition) is 1. The lowest BCUT2D eigenvalue weighted by molar-refractivity contribution is 0.110. The molecule has 3 nitrogen and oxygen atoms in total. The lowest BCUT2D eigenvalue weighted by atomic mass is 9.84. The predicted octanol–water partition coefficient (Wildman–Crippen LogP) is 7.57. The lowest BCUT2D eigenvalue weighted by Crippen LogP contribution is -2.48. The molecule has 0 aliphatic heterocycles. The van der Waals surface area contributed by atoms with Gasteiger partial charge in [0.15, 0.2) is 0 Å². The fourth-order valence-corrected chi connectivity index (χ4v) is 5.39. The summed E-state index contributed by atoms with van der Waals surface area (Å²) < 4.78 is 6.36. The minimum Gasteiger partial charge on any atom is -0.489 e. The van der Waals surface area contributed by atoms with Crippen LogP contribution in [-0.4, -0.2) is 33.0 Å². The maximum absolute atomic E-state index is 9.93. The van der Waals surface area contributed by atoms with Crippen molar-refractivity contribution in [1.29, 1.82) is 0 Å². The molecule has 3 rings (SSSR count). The summed E-state index contributed by atoms with van der Waals surface area (Å²) in [6.45, 7) is 9.16. The molecule has 0 aliphatic carbocycles. The molecule has 0 saturated heterocycles. The Morgan fingerprint density at radius 1 is 0.800 bits per heavy atom. The second-order valence-corrected chi connectivity index (χ2v) is 10.7. The fraction of sp³-hybridized carbons (Fsp3) is 0.400. The summed E-state index contributed by atoms with van der Waals surface area (Å²) >= 11 is 13.3. The average molecular weight is 515 g/mol. The first-order chi connectivity index (χ1) is 16.8. The first-order valence-electron chi connectivity index (χ1n) is 12.3. The van der Waals surface area contributed by atoms with E-state index in [1.165, 1.54) is 5.56 Å². The Morgan fingerprint density at radius 2 is 1.40 bits per heavy atom. The van der Waals surface area contributed by atoms with Gasteiger partial charge in [0.2, 0.25) is 0 Å². The third kappa shape index (κ3) is 7.47. The van der Waals surface area contributed by atoms with Gasteiger partial charge < -0.3 is 9.84 Å². The van der Waals surface area contributed by atoms with E-state index in [2.05, 4.69) is 75.1 Å². The summed E-state index contributed by atoms with van der Waals surface area (Å²) in [6, 6.07) is 27.0. The summed E-state index contributed by atoms with van der Waals surface area (Å²) in [4.78, 5) is 1.83. The Labute approximate surface area is 220 Å². The summed E-state index contributed by atoms with van der Waals surface area (Å²) in [5.74, 6) is 0.790. The lowest BCUT2D eigenvalue weighted by Gasteiger charge is -2.41. The van der Waals surface area contributed by atoms with Gasteiger partial charge in [-0.1, -0.05) is 66.7 Å². The number of aliphatic hydroxyl groups is 1. The van der Waals surface area contributed by atoms with Crippen LogP contribution in [0, 0.1) is 0 Å². The predicted molar refractivity (Wildman–Crippen MR) is 147 cm³/mol. The van der Waals surface area contributed by atoms with Gasteiger partial charge in [-0.05, 0) is 62.9 Å². The van der Waals surface area contributed by atoms with Gasteiger partial charge in [0, 0.05) is 29.6 Å². The Kier molecular flexibility index (Phi) is 10.5. The zero-order valence-electron chi connectivity index (χ0n) is 21.1. The molecule has 0 fully saturated rings. The zero-order chi connectivity index (χ0) is 25.4. The van der Waals surface area contributed by atoms with Gasteiger partial charge in [-0.2, -0.15) is 0 Å². The summed E-state index contributed by atoms with van der Waals surface area (Å²) in [5, 5.41) is 9.93. The van der Waals surface area contributed by atoms with E-state index in [0.717, 1.165) is 22.4 Å². The molecule has 3 aromatic rings. The summed E-state index contributed by atoms with van der Waals surface area (Å²) in [5.41, 5.74) is 4.15. The van der Waals surface area contributed by atoms with Crippen LogP contribution in [0.1, 0.15) is 62.3 Å². The van der Waals surface area contributed by atoms with E-state index in [1.54, 1.807) is 0 Å². The molecule has 188 valence electrons. The summed E-state index contributed by atoms with van der Waals surface area (Å²) in [7, 11) is 0. The highest BCUT2D eigenvalue weighted by molar-refractivity contribution is 6.44. The van der Waals surface area contributed by atoms with Crippen LogP contribution in [0.5, 0.6) is 5.75 Å². The minimum absolute atomic E-state index is 0.0153. The van der Waals surface area contributed by atoms with Gasteiger partial charge >= 0.3 is 0 Å². The van der Waals surface area contributed by atoms with Crippen molar-refractivity contribution in [2.75, 3.05) is 0 Å². The topological polar surface area (TPSA) is 32.7 Å². The smallest absolute Gasteiger partial charge is 0.123 e. The summed E-state index contributed by atoms with van der Waals surface area (Å²) in [6.07, 6.45) is 0.717. The van der Waals surface area contributed by atoms with E-state index >= 15 is 0 Å². The van der Waals surface area contributed by atoms with Crippen molar-refractivity contribution >= 4 is 23.2 Å². The van der Waals surface area contributed by atoms with E-state index < -0.39 is 4.84 Å². The third-order valence-electron chi connectivity index (χ3n) is 6.41. The highest BCUT2D eigenvalue weighted by Gasteiger charge is 2.33. The zero-order valence-corrected chi connectivity index (χ0v) is 22.6. The Balaban J connectivity index is 2.06. The molecule has 0 bridgehead atoms. The Bertz CT molecular complexity index is 1020. The van der Waals surface area contributed by atoms with E-state index in [1.807, 2.05) is 36.4 Å². The molecule has 0 aliphatic rings. The molecule has 3 aromatic carbocycles. The highest BCUT2D eigenvalue weighted by Crippen LogP contribution is 2.39. The van der Waals surface area contributed by atoms with E-state index in [9.17, 15) is 5.11 Å². The van der Waals surface area contributed by atoms with Crippen LogP contribution >= 0.6 is 23.2 Å². The molecule has 5 heteroatoms. The van der Waals surface area contributed by atoms with Gasteiger partial charge in [-0.25, -0.2) is 0 Å². The molecule has 35 heavy (non-hydrogen) atoms. The van der Waals surface area contributed by atoms with E-state index in [4.69, 9.17) is 27.9 Å². The maximum atomic E-state index is 9.93. The van der Waals surface area contributed by atoms with Crippen molar-refractivity contribution in [2.24, 2.45) is 0 Å². The monoisotopic (exact) mass is 513 g/mol. The van der Waals surface area contributed by atoms with Crippen molar-refractivity contribution in [1.82, 2.24) is 4.90 Å². The van der Waals surface area contributed by atoms with Crippen molar-refractivity contribution in [3.05, 3.63) is 101 Å². The van der Waals surface area contributed by atoms with Crippen molar-refractivity contribution in [2.45, 2.75) is 76.2 Å². The first-order valence-corrected chi connectivity index (χ1v) is 13.2. The molecule has 0 saturated carbocycles. The molecule has 0 aromatic heterocycles. The number of halogens is 2. The van der Waals surface area contributed by atoms with Gasteiger partial charge in [0.05, 0.1) is 6.61 Å². The quantitative estimate of drug-likeness (QED) is 0.253. The fourth-order valence-electron chi connectivity index (χ4n) is 4.92. The molecule has 0 amide bonds. The SMILES string of the molecule is CC(C)N(C(C)C)C(CC(c1ccccc1)c1cc(CO)ccc1OCc1ccccc1)C(Cl)Cl. The van der Waals surface area contributed by atoms with Gasteiger partial charge in [0.1, 0.15) is 17.2 Å². The third-order valence-corrected chi connectivity index (χ3v) is 7.00. The van der Waals surface area contributed by atoms with Crippen molar-refractivity contribution in [3.8, 4) is 5.75 Å². The number of alkyl halides is 2. The number of ether oxygens (including phenoxy) is 1. The minimum atomic E-state index is -0.555. The average Bonchev–Trinajstić information content (AvgIpc) is 2.85. The molecule has 0 heterocycles. The molecule has 2 atom stereocenters. The first kappa shape index (κ1) is 27.5. The van der Waals surface area contributed by atoms with Gasteiger partial charge in [-0.3, -0.25) is 4.90 Å². The number of hydrogen-bond acceptors (Lipinski definition) is 3. The van der Waals surface area contributed by atoms with Crippen LogP contribution in [0.3, 0.4) is 0 Å². The number of benzene rings is 3. The molecule has 0 radical (unpaired) electrons. The molecular formula is C30H37Cl2NO2. The molecule has 0 spiro atoms. The largest absolute Gasteiger partial charge is 0.489 e. The second-order valence-electron chi connectivity index (χ2n) is 9.54. The van der Waals surface area contributed by atoms with Gasteiger partial charge in [0.25, 0.3) is 0 Å². The normalized spacial score (nSPS) is 13.6. The van der Waals surface area contributed by atoms with Crippen molar-refractivity contribution < 1.29 is 9.84 Å². The molecular weight excluding hydrogens is 477 g/mol. The van der Waals surface area contributed by atoms with E-state index in [-0.39, 0.29) is 30.7 Å². The highest BCUT2D eigenvalue weighted by atomic mass is 35.5. The van der Waals surface area contributed by atoms with Crippen LogP contribution in [0.15, 0.2) is 78.9 Å². The maximum Gasteiger partial charge on any atom is 0.123 e. The molecule has 1 N–H and O–H groups in total. The molecule has 2 unspecified atom stereocenters. The number of aliphatic hydroxyl groups excluding tert-OH is 1. The van der Waals surface area contributed by atoms with Crippen LogP contribution in [0.4, 0.5) is 0 Å². The van der Waals surface area contributed by atoms with Crippen LogP contribution < -0.4 is 4.74 Å². The van der Waals surface area contributed by atoms with Crippen molar-refractivity contribution in [3.63, 3.8) is 0 Å². The standard InChI is InChI=1S/C30H37Cl2NO2/c1-21(2)33(22(3)4)28(30(31)32)18-26(25-13-9-6-10-14-25)27-17-24(19-34)15-16-29(27)35-20-23-11-7-5-8-12-23/h5-17,21-22,26,28,30,34H,18-20H2,1-4H3. The second kappa shape index (κ2) is 13.3. The van der Waals surface area contributed by atoms with E-state index in [0.29, 0.717) is 13.0 Å². The van der Waals surface area contributed by atoms with Crippen LogP contribution in [0.2, 0.25) is 0 Å². The Hall–Kier alpha value is -2.04. The van der Waals surface area contributed by atoms with Crippen LogP contribution in [-0.2, 0) is 13.2 Å².